The molecule has 106 valence electrons. The Morgan fingerprint density at radius 3 is 2.24 bits per heavy atom. The zero-order valence-electron chi connectivity index (χ0n) is 11.8. The fraction of sp³-hybridized carbons (Fsp3) is 0.167. The Morgan fingerprint density at radius 1 is 0.905 bits per heavy atom. The fourth-order valence-electron chi connectivity index (χ4n) is 2.44. The Kier molecular flexibility index (Phi) is 4.12. The summed E-state index contributed by atoms with van der Waals surface area (Å²) in [5, 5.41) is 13.9. The van der Waals surface area contributed by atoms with E-state index in [2.05, 4.69) is 35.4 Å². The molecule has 0 aliphatic heterocycles. The number of hydrogen-bond acceptors (Lipinski definition) is 2. The molecule has 0 unspecified atom stereocenters. The molecule has 1 heterocycles. The lowest BCUT2D eigenvalue weighted by molar-refractivity contribution is 0.267. The van der Waals surface area contributed by atoms with E-state index in [1.165, 1.54) is 5.56 Å². The van der Waals surface area contributed by atoms with Crippen LogP contribution < -0.4 is 0 Å². The molecule has 3 heteroatoms. The van der Waals surface area contributed by atoms with E-state index in [-0.39, 0.29) is 6.61 Å². The van der Waals surface area contributed by atoms with Crippen LogP contribution in [0, 0.1) is 0 Å². The third-order valence-corrected chi connectivity index (χ3v) is 3.47. The van der Waals surface area contributed by atoms with Gasteiger partial charge >= 0.3 is 0 Å². The van der Waals surface area contributed by atoms with Gasteiger partial charge in [-0.05, 0) is 11.6 Å². The second-order valence-corrected chi connectivity index (χ2v) is 5.00. The van der Waals surface area contributed by atoms with Crippen molar-refractivity contribution in [3.8, 4) is 11.3 Å². The van der Waals surface area contributed by atoms with Gasteiger partial charge in [0.15, 0.2) is 0 Å². The van der Waals surface area contributed by atoms with Gasteiger partial charge in [-0.1, -0.05) is 60.7 Å². The van der Waals surface area contributed by atoms with Crippen LogP contribution >= 0.6 is 0 Å². The van der Waals surface area contributed by atoms with Gasteiger partial charge in [0, 0.05) is 17.7 Å². The molecule has 0 atom stereocenters. The van der Waals surface area contributed by atoms with E-state index >= 15 is 0 Å². The molecule has 0 fully saturated rings. The first-order valence-electron chi connectivity index (χ1n) is 7.14. The van der Waals surface area contributed by atoms with Gasteiger partial charge in [-0.2, -0.15) is 5.10 Å². The molecule has 0 aliphatic carbocycles. The lowest BCUT2D eigenvalue weighted by Gasteiger charge is -2.05. The van der Waals surface area contributed by atoms with Crippen LogP contribution in [-0.2, 0) is 13.0 Å². The lowest BCUT2D eigenvalue weighted by atomic mass is 10.1. The summed E-state index contributed by atoms with van der Waals surface area (Å²) in [5.74, 6) is 0. The number of aliphatic hydroxyl groups is 1. The van der Waals surface area contributed by atoms with Gasteiger partial charge in [-0.15, -0.1) is 0 Å². The normalized spacial score (nSPS) is 10.7. The van der Waals surface area contributed by atoms with Crippen molar-refractivity contribution >= 4 is 0 Å². The Hall–Kier alpha value is -2.39. The van der Waals surface area contributed by atoms with Crippen LogP contribution in [0.25, 0.3) is 11.3 Å². The summed E-state index contributed by atoms with van der Waals surface area (Å²) in [7, 11) is 0. The minimum absolute atomic E-state index is 0.0949. The fourth-order valence-corrected chi connectivity index (χ4v) is 2.44. The summed E-state index contributed by atoms with van der Waals surface area (Å²) in [6.07, 6.45) is 0.820. The smallest absolute Gasteiger partial charge is 0.0926 e. The van der Waals surface area contributed by atoms with Gasteiger partial charge in [0.1, 0.15) is 0 Å². The highest BCUT2D eigenvalue weighted by Crippen LogP contribution is 2.20. The molecule has 0 saturated carbocycles. The third kappa shape index (κ3) is 3.20. The Balaban J connectivity index is 1.93. The molecule has 0 bridgehead atoms. The van der Waals surface area contributed by atoms with Gasteiger partial charge in [-0.25, -0.2) is 0 Å². The monoisotopic (exact) mass is 278 g/mol. The highest BCUT2D eigenvalue weighted by molar-refractivity contribution is 5.59. The molecule has 0 aliphatic rings. The molecule has 1 aromatic heterocycles. The van der Waals surface area contributed by atoms with E-state index < -0.39 is 0 Å². The summed E-state index contributed by atoms with van der Waals surface area (Å²) < 4.78 is 1.90. The molecule has 0 amide bonds. The summed E-state index contributed by atoms with van der Waals surface area (Å²) in [4.78, 5) is 0. The average molecular weight is 278 g/mol. The van der Waals surface area contributed by atoms with Crippen LogP contribution in [0.2, 0.25) is 0 Å². The van der Waals surface area contributed by atoms with Crippen LogP contribution in [-0.4, -0.2) is 21.5 Å². The standard InChI is InChI=1S/C18H18N2O/c21-12-11-20-17(13-15-7-3-1-4-8-15)14-18(19-20)16-9-5-2-6-10-16/h1-10,14,21H,11-13H2. The predicted molar refractivity (Wildman–Crippen MR) is 84.0 cm³/mol. The molecule has 3 aromatic rings. The first-order valence-corrected chi connectivity index (χ1v) is 7.14. The number of benzene rings is 2. The number of aromatic nitrogens is 2. The molecule has 0 saturated heterocycles. The molecule has 0 radical (unpaired) electrons. The minimum atomic E-state index is 0.0949. The van der Waals surface area contributed by atoms with Gasteiger partial charge < -0.3 is 5.11 Å². The van der Waals surface area contributed by atoms with E-state index in [0.29, 0.717) is 6.54 Å². The van der Waals surface area contributed by atoms with Crippen molar-refractivity contribution in [3.63, 3.8) is 0 Å². The van der Waals surface area contributed by atoms with E-state index in [9.17, 15) is 5.11 Å². The summed E-state index contributed by atoms with van der Waals surface area (Å²) >= 11 is 0. The minimum Gasteiger partial charge on any atom is -0.394 e. The molecule has 21 heavy (non-hydrogen) atoms. The number of rotatable bonds is 5. The highest BCUT2D eigenvalue weighted by Gasteiger charge is 2.09. The van der Waals surface area contributed by atoms with Crippen molar-refractivity contribution in [2.24, 2.45) is 0 Å². The Bertz CT molecular complexity index is 690. The van der Waals surface area contributed by atoms with Crippen LogP contribution in [0.5, 0.6) is 0 Å². The van der Waals surface area contributed by atoms with E-state index in [4.69, 9.17) is 0 Å². The molecule has 2 aromatic carbocycles. The van der Waals surface area contributed by atoms with E-state index in [1.54, 1.807) is 0 Å². The molecule has 3 rings (SSSR count). The molecular formula is C18H18N2O. The number of hydrogen-bond donors (Lipinski definition) is 1. The van der Waals surface area contributed by atoms with Gasteiger partial charge in [-0.3, -0.25) is 4.68 Å². The highest BCUT2D eigenvalue weighted by atomic mass is 16.3. The third-order valence-electron chi connectivity index (χ3n) is 3.47. The van der Waals surface area contributed by atoms with Crippen molar-refractivity contribution < 1.29 is 5.11 Å². The van der Waals surface area contributed by atoms with E-state index in [1.807, 2.05) is 41.1 Å². The largest absolute Gasteiger partial charge is 0.394 e. The number of aliphatic hydroxyl groups excluding tert-OH is 1. The summed E-state index contributed by atoms with van der Waals surface area (Å²) in [6, 6.07) is 22.6. The second-order valence-electron chi connectivity index (χ2n) is 5.00. The van der Waals surface area contributed by atoms with Gasteiger partial charge in [0.25, 0.3) is 0 Å². The topological polar surface area (TPSA) is 38.0 Å². The second kappa shape index (κ2) is 6.37. The zero-order chi connectivity index (χ0) is 14.5. The molecular weight excluding hydrogens is 260 g/mol. The first kappa shape index (κ1) is 13.6. The van der Waals surface area contributed by atoms with Crippen LogP contribution in [0.4, 0.5) is 0 Å². The zero-order valence-corrected chi connectivity index (χ0v) is 11.8. The quantitative estimate of drug-likeness (QED) is 0.778. The van der Waals surface area contributed by atoms with Crippen molar-refractivity contribution in [2.45, 2.75) is 13.0 Å². The molecule has 0 spiro atoms. The maximum atomic E-state index is 9.23. The Morgan fingerprint density at radius 2 is 1.57 bits per heavy atom. The molecule has 3 nitrogen and oxygen atoms in total. The lowest BCUT2D eigenvalue weighted by Crippen LogP contribution is -2.08. The van der Waals surface area contributed by atoms with Crippen LogP contribution in [0.15, 0.2) is 66.7 Å². The van der Waals surface area contributed by atoms with Crippen molar-refractivity contribution in [3.05, 3.63) is 78.0 Å². The SMILES string of the molecule is OCCn1nc(-c2ccccc2)cc1Cc1ccccc1. The summed E-state index contributed by atoms with van der Waals surface area (Å²) in [5.41, 5.74) is 4.42. The first-order chi connectivity index (χ1) is 10.4. The summed E-state index contributed by atoms with van der Waals surface area (Å²) in [6.45, 7) is 0.618. The maximum absolute atomic E-state index is 9.23. The van der Waals surface area contributed by atoms with Gasteiger partial charge in [0.2, 0.25) is 0 Å². The number of nitrogens with zero attached hydrogens (tertiary/aromatic N) is 2. The van der Waals surface area contributed by atoms with Crippen molar-refractivity contribution in [1.82, 2.24) is 9.78 Å². The van der Waals surface area contributed by atoms with Crippen molar-refractivity contribution in [1.29, 1.82) is 0 Å². The molecule has 1 N–H and O–H groups in total. The Labute approximate surface area is 124 Å². The van der Waals surface area contributed by atoms with E-state index in [0.717, 1.165) is 23.4 Å². The van der Waals surface area contributed by atoms with Crippen molar-refractivity contribution in [2.75, 3.05) is 6.61 Å². The van der Waals surface area contributed by atoms with Crippen LogP contribution in [0.1, 0.15) is 11.3 Å². The predicted octanol–water partition coefficient (Wildman–Crippen LogP) is 3.13. The van der Waals surface area contributed by atoms with Crippen LogP contribution in [0.3, 0.4) is 0 Å². The van der Waals surface area contributed by atoms with Gasteiger partial charge in [0.05, 0.1) is 18.8 Å². The maximum Gasteiger partial charge on any atom is 0.0926 e. The average Bonchev–Trinajstić information content (AvgIpc) is 2.93.